The fraction of sp³-hybridized carbons (Fsp3) is 0.758. The number of nitrogens with one attached hydrogen (secondary N) is 2. The lowest BCUT2D eigenvalue weighted by Gasteiger charge is -2.38. The average molecular weight is 673 g/mol. The van der Waals surface area contributed by atoms with E-state index in [0.29, 0.717) is 6.42 Å². The maximum atomic E-state index is 14.0. The van der Waals surface area contributed by atoms with Crippen LogP contribution >= 0.6 is 23.2 Å². The van der Waals surface area contributed by atoms with Crippen molar-refractivity contribution in [3.05, 3.63) is 12.7 Å². The third-order valence-corrected chi connectivity index (χ3v) is 8.90. The molecule has 12 heteroatoms. The van der Waals surface area contributed by atoms with Crippen LogP contribution in [0.15, 0.2) is 12.7 Å². The summed E-state index contributed by atoms with van der Waals surface area (Å²) in [4.78, 5) is 80.3. The molecule has 1 heterocycles. The highest BCUT2D eigenvalue weighted by Gasteiger charge is 2.73. The molecule has 1 saturated heterocycles. The van der Waals surface area contributed by atoms with Crippen molar-refractivity contribution in [2.24, 2.45) is 23.2 Å². The quantitative estimate of drug-likeness (QED) is 0.110. The number of hydrogen-bond donors (Lipinski definition) is 2. The van der Waals surface area contributed by atoms with Crippen LogP contribution in [0, 0.1) is 23.2 Å². The van der Waals surface area contributed by atoms with Crippen LogP contribution < -0.4 is 10.6 Å². The van der Waals surface area contributed by atoms with E-state index in [1.165, 1.54) is 4.90 Å². The van der Waals surface area contributed by atoms with Gasteiger partial charge in [-0.15, -0.1) is 29.8 Å². The maximum absolute atomic E-state index is 14.0. The molecular weight excluding hydrogens is 621 g/mol. The zero-order valence-corrected chi connectivity index (χ0v) is 29.7. The van der Waals surface area contributed by atoms with E-state index in [4.69, 9.17) is 27.9 Å². The van der Waals surface area contributed by atoms with Crippen LogP contribution in [-0.4, -0.2) is 74.3 Å². The molecule has 10 nitrogen and oxygen atoms in total. The van der Waals surface area contributed by atoms with Gasteiger partial charge in [-0.05, 0) is 66.2 Å². The van der Waals surface area contributed by atoms with Crippen molar-refractivity contribution in [1.82, 2.24) is 15.5 Å². The maximum Gasteiger partial charge on any atom is 0.315 e. The minimum absolute atomic E-state index is 0.0148. The van der Waals surface area contributed by atoms with E-state index in [-0.39, 0.29) is 44.6 Å². The molecule has 5 atom stereocenters. The van der Waals surface area contributed by atoms with Crippen molar-refractivity contribution < 1.29 is 33.5 Å². The highest BCUT2D eigenvalue weighted by Crippen LogP contribution is 2.65. The Hall–Kier alpha value is -2.46. The standard InChI is InChI=1S/C33H51Cl2N3O7/c1-11-12-14-19(26(42)21(39)15-13-16-23(41)45-32(8,9)10)17-22(40)25-24-20(33(24,34)35)18-38(25)28(43)27(30(2,3)4)36-29(44)37-31(5,6)7/h11,19-20,24-25,27H,1,12-18H2,2-10H3,(H2,36,37,44)/t19?,20-,24-,25+,27+/m0/s1. The molecule has 2 N–H and O–H groups in total. The van der Waals surface area contributed by atoms with E-state index in [2.05, 4.69) is 17.2 Å². The van der Waals surface area contributed by atoms with Gasteiger partial charge in [-0.2, -0.15) is 0 Å². The van der Waals surface area contributed by atoms with Crippen molar-refractivity contribution >= 4 is 58.5 Å². The van der Waals surface area contributed by atoms with Crippen molar-refractivity contribution in [3.63, 3.8) is 0 Å². The van der Waals surface area contributed by atoms with Crippen LogP contribution in [0.1, 0.15) is 101 Å². The number of amides is 3. The number of hydrogen-bond acceptors (Lipinski definition) is 7. The van der Waals surface area contributed by atoms with E-state index >= 15 is 0 Å². The lowest BCUT2D eigenvalue weighted by atomic mass is 9.84. The minimum atomic E-state index is -1.20. The molecule has 1 unspecified atom stereocenters. The summed E-state index contributed by atoms with van der Waals surface area (Å²) >= 11 is 13.0. The minimum Gasteiger partial charge on any atom is -0.460 e. The van der Waals surface area contributed by atoms with E-state index in [0.717, 1.165) is 0 Å². The molecule has 2 fully saturated rings. The van der Waals surface area contributed by atoms with Gasteiger partial charge in [-0.3, -0.25) is 24.0 Å². The molecule has 254 valence electrons. The summed E-state index contributed by atoms with van der Waals surface area (Å²) in [7, 11) is 0. The second-order valence-electron chi connectivity index (χ2n) is 15.4. The predicted molar refractivity (Wildman–Crippen MR) is 174 cm³/mol. The molecule has 1 saturated carbocycles. The van der Waals surface area contributed by atoms with Crippen LogP contribution in [0.5, 0.6) is 0 Å². The number of ketones is 3. The first-order chi connectivity index (χ1) is 20.4. The Morgan fingerprint density at radius 3 is 2.11 bits per heavy atom. The zero-order valence-electron chi connectivity index (χ0n) is 28.2. The fourth-order valence-corrected chi connectivity index (χ4v) is 6.50. The van der Waals surface area contributed by atoms with Gasteiger partial charge < -0.3 is 20.3 Å². The number of carbonyl (C=O) groups excluding carboxylic acids is 6. The summed E-state index contributed by atoms with van der Waals surface area (Å²) in [6, 6.07) is -2.51. The zero-order chi connectivity index (χ0) is 34.7. The number of rotatable bonds is 14. The topological polar surface area (TPSA) is 139 Å². The van der Waals surface area contributed by atoms with Crippen molar-refractivity contribution in [2.75, 3.05) is 6.54 Å². The summed E-state index contributed by atoms with van der Waals surface area (Å²) in [5.41, 5.74) is -1.91. The van der Waals surface area contributed by atoms with Gasteiger partial charge >= 0.3 is 12.0 Å². The molecule has 0 bridgehead atoms. The number of Topliss-reactive ketones (excluding diaryl/α,β-unsaturated/α-hetero) is 3. The molecule has 0 aromatic carbocycles. The van der Waals surface area contributed by atoms with Crippen LogP contribution in [0.2, 0.25) is 0 Å². The summed E-state index contributed by atoms with van der Waals surface area (Å²) in [5.74, 6) is -4.53. The molecule has 0 aromatic rings. The molecule has 45 heavy (non-hydrogen) atoms. The van der Waals surface area contributed by atoms with E-state index < -0.39 is 80.1 Å². The van der Waals surface area contributed by atoms with Crippen LogP contribution in [0.4, 0.5) is 4.79 Å². The highest BCUT2D eigenvalue weighted by atomic mass is 35.5. The number of allylic oxidation sites excluding steroid dienone is 1. The molecule has 2 rings (SSSR count). The van der Waals surface area contributed by atoms with Gasteiger partial charge in [0.15, 0.2) is 11.6 Å². The summed E-state index contributed by atoms with van der Waals surface area (Å²) in [6.45, 7) is 19.9. The lowest BCUT2D eigenvalue weighted by Crippen LogP contribution is -2.60. The first-order valence-corrected chi connectivity index (χ1v) is 16.4. The number of fused-ring (bicyclic) bond motifs is 1. The van der Waals surface area contributed by atoms with Gasteiger partial charge in [-0.1, -0.05) is 26.8 Å². The monoisotopic (exact) mass is 671 g/mol. The molecule has 0 aromatic heterocycles. The highest BCUT2D eigenvalue weighted by molar-refractivity contribution is 6.51. The Morgan fingerprint density at radius 1 is 1.00 bits per heavy atom. The number of alkyl halides is 2. The number of esters is 1. The molecule has 3 amide bonds. The third kappa shape index (κ3) is 10.8. The number of nitrogens with zero attached hydrogens (tertiary/aromatic N) is 1. The van der Waals surface area contributed by atoms with Crippen LogP contribution in [-0.2, 0) is 28.7 Å². The second kappa shape index (κ2) is 14.5. The van der Waals surface area contributed by atoms with E-state index in [9.17, 15) is 28.8 Å². The van der Waals surface area contributed by atoms with Gasteiger partial charge in [0.05, 0.1) is 6.04 Å². The number of piperidine rings is 1. The Kier molecular flexibility index (Phi) is 12.5. The van der Waals surface area contributed by atoms with E-state index in [1.807, 2.05) is 41.5 Å². The van der Waals surface area contributed by atoms with E-state index in [1.54, 1.807) is 26.8 Å². The number of likely N-dealkylation sites (tertiary alicyclic amines) is 1. The molecule has 0 spiro atoms. The summed E-state index contributed by atoms with van der Waals surface area (Å²) in [5, 5.41) is 5.58. The van der Waals surface area contributed by atoms with Gasteiger partial charge in [0, 0.05) is 49.1 Å². The summed E-state index contributed by atoms with van der Waals surface area (Å²) < 4.78 is 4.05. The Bertz CT molecular complexity index is 1180. The fourth-order valence-electron chi connectivity index (χ4n) is 5.67. The smallest absolute Gasteiger partial charge is 0.315 e. The number of carbonyl (C=O) groups is 6. The Balaban J connectivity index is 2.23. The van der Waals surface area contributed by atoms with Gasteiger partial charge in [0.2, 0.25) is 11.7 Å². The molecule has 1 aliphatic heterocycles. The van der Waals surface area contributed by atoms with Crippen molar-refractivity contribution in [1.29, 1.82) is 0 Å². The van der Waals surface area contributed by atoms with Crippen LogP contribution in [0.3, 0.4) is 0 Å². The first-order valence-electron chi connectivity index (χ1n) is 15.6. The van der Waals surface area contributed by atoms with Crippen LogP contribution in [0.25, 0.3) is 0 Å². The summed E-state index contributed by atoms with van der Waals surface area (Å²) in [6.07, 6.45) is 1.89. The van der Waals surface area contributed by atoms with Gasteiger partial charge in [0.1, 0.15) is 16.0 Å². The van der Waals surface area contributed by atoms with Gasteiger partial charge in [0.25, 0.3) is 0 Å². The lowest BCUT2D eigenvalue weighted by molar-refractivity contribution is -0.155. The second-order valence-corrected chi connectivity index (χ2v) is 16.8. The SMILES string of the molecule is C=CCCC(CC(=O)[C@@H]1[C@@H]2[C@H](CN1C(=O)[C@@H](NC(=O)NC(C)(C)C)C(C)(C)C)C2(Cl)Cl)C(=O)C(=O)CCCC(=O)OC(C)(C)C. The molecule has 1 aliphatic carbocycles. The normalized spacial score (nSPS) is 22.0. The largest absolute Gasteiger partial charge is 0.460 e. The Labute approximate surface area is 277 Å². The molecule has 0 radical (unpaired) electrons. The number of halogens is 2. The number of ether oxygens (including phenoxy) is 1. The van der Waals surface area contributed by atoms with Crippen molar-refractivity contribution in [3.8, 4) is 0 Å². The average Bonchev–Trinajstić information content (AvgIpc) is 3.19. The molecule has 2 aliphatic rings. The third-order valence-electron chi connectivity index (χ3n) is 7.84. The molecular formula is C33H51Cl2N3O7. The van der Waals surface area contributed by atoms with Gasteiger partial charge in [-0.25, -0.2) is 4.79 Å². The first kappa shape index (κ1) is 38.7. The predicted octanol–water partition coefficient (Wildman–Crippen LogP) is 5.32. The number of urea groups is 1. The van der Waals surface area contributed by atoms with Crippen molar-refractivity contribution in [2.45, 2.75) is 128 Å². The Morgan fingerprint density at radius 2 is 1.60 bits per heavy atom.